The molecule has 0 atom stereocenters. The van der Waals surface area contributed by atoms with Gasteiger partial charge in [-0.3, -0.25) is 0 Å². The third-order valence-corrected chi connectivity index (χ3v) is 3.44. The molecular weight excluding hydrogens is 322 g/mol. The maximum Gasteiger partial charge on any atom is 0.0993 e. The molecule has 1 aliphatic heterocycles. The lowest BCUT2D eigenvalue weighted by Crippen LogP contribution is -2.87. The highest BCUT2D eigenvalue weighted by molar-refractivity contribution is 9.10. The van der Waals surface area contributed by atoms with Crippen LogP contribution < -0.4 is 10.4 Å². The van der Waals surface area contributed by atoms with Gasteiger partial charge in [0.15, 0.2) is 0 Å². The second-order valence-corrected chi connectivity index (χ2v) is 6.62. The summed E-state index contributed by atoms with van der Waals surface area (Å²) in [7, 11) is 0. The Morgan fingerprint density at radius 1 is 1.30 bits per heavy atom. The van der Waals surface area contributed by atoms with Gasteiger partial charge in [0.2, 0.25) is 0 Å². The van der Waals surface area contributed by atoms with Crippen LogP contribution in [0.3, 0.4) is 0 Å². The number of carbonyl (C=O) groups excluding carboxylic acids is 1. The molecular formula is C15H22BrNO3. The number of halogens is 1. The van der Waals surface area contributed by atoms with Gasteiger partial charge in [0.25, 0.3) is 0 Å². The Morgan fingerprint density at radius 2 is 1.90 bits per heavy atom. The van der Waals surface area contributed by atoms with Crippen LogP contribution in [0.15, 0.2) is 22.7 Å². The number of carboxylic acid groups (broad SMARTS) is 1. The van der Waals surface area contributed by atoms with E-state index in [0.717, 1.165) is 36.3 Å². The lowest BCUT2D eigenvalue weighted by molar-refractivity contribution is -0.670. The van der Waals surface area contributed by atoms with Crippen molar-refractivity contribution >= 4 is 21.9 Å². The average Bonchev–Trinajstić information content (AvgIpc) is 2.40. The Bertz CT molecular complexity index is 439. The van der Waals surface area contributed by atoms with Crippen molar-refractivity contribution < 1.29 is 20.0 Å². The minimum absolute atomic E-state index is 0.184. The predicted octanol–water partition coefficient (Wildman–Crippen LogP) is 0.690. The quantitative estimate of drug-likeness (QED) is 0.815. The van der Waals surface area contributed by atoms with E-state index in [1.54, 1.807) is 6.07 Å². The molecule has 1 aromatic carbocycles. The minimum Gasteiger partial charge on any atom is -0.545 e. The number of carbonyl (C=O) groups is 1. The molecule has 0 spiro atoms. The largest absolute Gasteiger partial charge is 0.545 e. The molecule has 1 aliphatic rings. The topological polar surface area (TPSA) is 66.0 Å². The van der Waals surface area contributed by atoms with Crippen molar-refractivity contribution in [2.75, 3.05) is 26.3 Å². The zero-order valence-corrected chi connectivity index (χ0v) is 13.8. The summed E-state index contributed by atoms with van der Waals surface area (Å²) in [5.74, 6) is -1.13. The fourth-order valence-corrected chi connectivity index (χ4v) is 2.28. The highest BCUT2D eigenvalue weighted by Crippen LogP contribution is 2.27. The molecule has 1 saturated heterocycles. The molecule has 20 heavy (non-hydrogen) atoms. The Balaban J connectivity index is 0.000000276. The maximum atomic E-state index is 10.9. The molecule has 112 valence electrons. The molecule has 0 unspecified atom stereocenters. The van der Waals surface area contributed by atoms with Gasteiger partial charge in [-0.25, -0.2) is 0 Å². The molecule has 5 heteroatoms. The van der Waals surface area contributed by atoms with E-state index in [1.165, 1.54) is 0 Å². The Morgan fingerprint density at radius 3 is 2.25 bits per heavy atom. The third-order valence-electron chi connectivity index (χ3n) is 2.94. The van der Waals surface area contributed by atoms with Crippen LogP contribution >= 0.6 is 15.9 Å². The molecule has 1 heterocycles. The number of hydrogen-bond acceptors (Lipinski definition) is 3. The monoisotopic (exact) mass is 343 g/mol. The number of nitrogens with two attached hydrogens (primary N) is 1. The first-order chi connectivity index (χ1) is 9.32. The maximum absolute atomic E-state index is 10.9. The van der Waals surface area contributed by atoms with Crippen molar-refractivity contribution in [3.8, 4) is 0 Å². The number of morpholine rings is 1. The van der Waals surface area contributed by atoms with E-state index in [9.17, 15) is 9.90 Å². The summed E-state index contributed by atoms with van der Waals surface area (Å²) in [6, 6.07) is 5.23. The van der Waals surface area contributed by atoms with E-state index in [0.29, 0.717) is 0 Å². The first-order valence-corrected chi connectivity index (χ1v) is 7.52. The van der Waals surface area contributed by atoms with Gasteiger partial charge >= 0.3 is 0 Å². The zero-order chi connectivity index (χ0) is 15.2. The molecule has 1 fully saturated rings. The van der Waals surface area contributed by atoms with Gasteiger partial charge < -0.3 is 20.0 Å². The zero-order valence-electron chi connectivity index (χ0n) is 12.2. The predicted molar refractivity (Wildman–Crippen MR) is 79.7 cm³/mol. The van der Waals surface area contributed by atoms with Gasteiger partial charge in [-0.1, -0.05) is 42.8 Å². The molecule has 0 amide bonds. The van der Waals surface area contributed by atoms with Crippen LogP contribution in [0, 0.1) is 0 Å². The van der Waals surface area contributed by atoms with Gasteiger partial charge in [0.1, 0.15) is 0 Å². The average molecular weight is 344 g/mol. The van der Waals surface area contributed by atoms with Crippen molar-refractivity contribution in [3.05, 3.63) is 33.8 Å². The lowest BCUT2D eigenvalue weighted by Gasteiger charge is -2.23. The fraction of sp³-hybridized carbons (Fsp3) is 0.533. The van der Waals surface area contributed by atoms with Crippen LogP contribution in [0.2, 0.25) is 0 Å². The number of hydrogen-bond donors (Lipinski definition) is 1. The van der Waals surface area contributed by atoms with E-state index < -0.39 is 5.97 Å². The van der Waals surface area contributed by atoms with Gasteiger partial charge in [0, 0.05) is 10.0 Å². The number of benzene rings is 1. The minimum atomic E-state index is -1.13. The first-order valence-electron chi connectivity index (χ1n) is 6.73. The van der Waals surface area contributed by atoms with Crippen LogP contribution in [0.1, 0.15) is 36.7 Å². The van der Waals surface area contributed by atoms with Crippen LogP contribution in [0.5, 0.6) is 0 Å². The standard InChI is InChI=1S/C11H13BrO2.C4H9NO/c1-11(2,3)9-5-4-7(12)6-8(9)10(13)14;1-3-6-4-2-5-1/h4-6H,1-3H3,(H,13,14);5H,1-4H2. The van der Waals surface area contributed by atoms with Crippen molar-refractivity contribution in [3.63, 3.8) is 0 Å². The van der Waals surface area contributed by atoms with E-state index in [4.69, 9.17) is 4.74 Å². The second-order valence-electron chi connectivity index (χ2n) is 5.71. The SMILES string of the molecule is C1COCC[NH2+]1.CC(C)(C)c1ccc(Br)cc1C(=O)[O-]. The molecule has 4 nitrogen and oxygen atoms in total. The highest BCUT2D eigenvalue weighted by Gasteiger charge is 2.18. The van der Waals surface area contributed by atoms with Crippen LogP contribution in [0.4, 0.5) is 0 Å². The number of carboxylic acids is 1. The Hall–Kier alpha value is -0.910. The summed E-state index contributed by atoms with van der Waals surface area (Å²) >= 11 is 3.24. The molecule has 0 radical (unpaired) electrons. The van der Waals surface area contributed by atoms with Crippen LogP contribution in [-0.2, 0) is 10.2 Å². The van der Waals surface area contributed by atoms with E-state index >= 15 is 0 Å². The van der Waals surface area contributed by atoms with Gasteiger partial charge in [-0.05, 0) is 23.1 Å². The lowest BCUT2D eigenvalue weighted by atomic mass is 9.84. The summed E-state index contributed by atoms with van der Waals surface area (Å²) in [5.41, 5.74) is 0.864. The third kappa shape index (κ3) is 5.61. The molecule has 0 aromatic heterocycles. The summed E-state index contributed by atoms with van der Waals surface area (Å²) in [6.45, 7) is 10.1. The molecule has 0 saturated carbocycles. The molecule has 2 N–H and O–H groups in total. The van der Waals surface area contributed by atoms with Gasteiger partial charge in [0.05, 0.1) is 32.3 Å². The fourth-order valence-electron chi connectivity index (χ4n) is 1.92. The van der Waals surface area contributed by atoms with Gasteiger partial charge in [-0.15, -0.1) is 0 Å². The molecule has 0 bridgehead atoms. The van der Waals surface area contributed by atoms with E-state index in [2.05, 4.69) is 21.2 Å². The molecule has 1 aromatic rings. The Labute approximate surface area is 128 Å². The van der Waals surface area contributed by atoms with E-state index in [1.807, 2.05) is 32.9 Å². The number of aromatic carboxylic acids is 1. The smallest absolute Gasteiger partial charge is 0.0993 e. The second kappa shape index (κ2) is 7.76. The summed E-state index contributed by atoms with van der Waals surface area (Å²) < 4.78 is 5.79. The van der Waals surface area contributed by atoms with E-state index in [-0.39, 0.29) is 11.0 Å². The Kier molecular flexibility index (Phi) is 6.65. The first kappa shape index (κ1) is 17.1. The molecule has 2 rings (SSSR count). The number of quaternary nitrogens is 1. The summed E-state index contributed by atoms with van der Waals surface area (Å²) in [4.78, 5) is 10.9. The summed E-state index contributed by atoms with van der Waals surface area (Å²) in [6.07, 6.45) is 0. The van der Waals surface area contributed by atoms with Crippen LogP contribution in [0.25, 0.3) is 0 Å². The van der Waals surface area contributed by atoms with Crippen molar-refractivity contribution in [2.45, 2.75) is 26.2 Å². The number of ether oxygens (including phenoxy) is 1. The number of rotatable bonds is 1. The van der Waals surface area contributed by atoms with Crippen molar-refractivity contribution in [1.29, 1.82) is 0 Å². The van der Waals surface area contributed by atoms with Gasteiger partial charge in [-0.2, -0.15) is 0 Å². The highest BCUT2D eigenvalue weighted by atomic mass is 79.9. The van der Waals surface area contributed by atoms with Crippen LogP contribution in [-0.4, -0.2) is 32.3 Å². The summed E-state index contributed by atoms with van der Waals surface area (Å²) in [5, 5.41) is 13.2. The van der Waals surface area contributed by atoms with Crippen molar-refractivity contribution in [2.24, 2.45) is 0 Å². The normalized spacial score (nSPS) is 15.2. The van der Waals surface area contributed by atoms with Crippen molar-refractivity contribution in [1.82, 2.24) is 0 Å². The molecule has 0 aliphatic carbocycles.